The number of nitrogens with zero attached hydrogens (tertiary/aromatic N) is 2. The van der Waals surface area contributed by atoms with Crippen LogP contribution in [0.15, 0.2) is 52.1 Å². The summed E-state index contributed by atoms with van der Waals surface area (Å²) in [6.07, 6.45) is 0. The van der Waals surface area contributed by atoms with E-state index < -0.39 is 0 Å². The van der Waals surface area contributed by atoms with E-state index in [-0.39, 0.29) is 0 Å². The van der Waals surface area contributed by atoms with Gasteiger partial charge >= 0.3 is 0 Å². The number of aromatic amines is 1. The van der Waals surface area contributed by atoms with Crippen LogP contribution in [-0.4, -0.2) is 41.8 Å². The SMILES string of the molecule is COc1ccc(-c2nc(SCCOc3ccc(Br)cc3)n[nH]2)c(OC)c1. The minimum atomic E-state index is 0.571. The third-order valence-corrected chi connectivity index (χ3v) is 4.87. The lowest BCUT2D eigenvalue weighted by Crippen LogP contribution is -2.00. The molecule has 1 aromatic heterocycles. The van der Waals surface area contributed by atoms with Crippen molar-refractivity contribution in [1.29, 1.82) is 0 Å². The fourth-order valence-electron chi connectivity index (χ4n) is 2.25. The Labute approximate surface area is 164 Å². The molecule has 8 heteroatoms. The molecule has 1 N–H and O–H groups in total. The molecule has 0 radical (unpaired) electrons. The molecule has 0 spiro atoms. The second-order valence-corrected chi connectivity index (χ2v) is 7.16. The number of rotatable bonds is 8. The number of benzene rings is 2. The quantitative estimate of drug-likeness (QED) is 0.417. The Hall–Kier alpha value is -2.19. The lowest BCUT2D eigenvalue weighted by molar-refractivity contribution is 0.344. The third-order valence-electron chi connectivity index (χ3n) is 3.53. The van der Waals surface area contributed by atoms with Gasteiger partial charge in [0.05, 0.1) is 26.4 Å². The van der Waals surface area contributed by atoms with Gasteiger partial charge in [-0.25, -0.2) is 4.98 Å². The summed E-state index contributed by atoms with van der Waals surface area (Å²) in [5.74, 6) is 3.64. The number of H-pyrrole nitrogens is 1. The summed E-state index contributed by atoms with van der Waals surface area (Å²) in [5.41, 5.74) is 0.832. The Morgan fingerprint density at radius 1 is 1.04 bits per heavy atom. The zero-order valence-corrected chi connectivity index (χ0v) is 16.8. The third kappa shape index (κ3) is 4.70. The standard InChI is InChI=1S/C18H18BrN3O3S/c1-23-14-7-8-15(16(11-14)24-2)17-20-18(22-21-17)26-10-9-25-13-5-3-12(19)4-6-13/h3-8,11H,9-10H2,1-2H3,(H,20,21,22). The van der Waals surface area contributed by atoms with E-state index in [1.54, 1.807) is 14.2 Å². The molecular formula is C18H18BrN3O3S. The zero-order valence-electron chi connectivity index (χ0n) is 14.4. The van der Waals surface area contributed by atoms with Crippen molar-refractivity contribution in [2.24, 2.45) is 0 Å². The molecule has 0 aliphatic carbocycles. The highest BCUT2D eigenvalue weighted by molar-refractivity contribution is 9.10. The molecule has 3 rings (SSSR count). The molecule has 0 saturated heterocycles. The maximum Gasteiger partial charge on any atom is 0.208 e. The molecule has 3 aromatic rings. The lowest BCUT2D eigenvalue weighted by Gasteiger charge is -2.07. The van der Waals surface area contributed by atoms with Crippen LogP contribution in [-0.2, 0) is 0 Å². The van der Waals surface area contributed by atoms with Crippen molar-refractivity contribution in [3.05, 3.63) is 46.9 Å². The van der Waals surface area contributed by atoms with E-state index in [1.807, 2.05) is 42.5 Å². The Morgan fingerprint density at radius 2 is 1.81 bits per heavy atom. The number of thioether (sulfide) groups is 1. The van der Waals surface area contributed by atoms with E-state index >= 15 is 0 Å². The molecule has 0 saturated carbocycles. The summed E-state index contributed by atoms with van der Waals surface area (Å²) < 4.78 is 17.3. The fraction of sp³-hybridized carbons (Fsp3) is 0.222. The van der Waals surface area contributed by atoms with Gasteiger partial charge in [-0.2, -0.15) is 0 Å². The Balaban J connectivity index is 1.57. The van der Waals surface area contributed by atoms with Crippen LogP contribution < -0.4 is 14.2 Å². The van der Waals surface area contributed by atoms with Crippen molar-refractivity contribution in [3.63, 3.8) is 0 Å². The highest BCUT2D eigenvalue weighted by Gasteiger charge is 2.12. The largest absolute Gasteiger partial charge is 0.497 e. The van der Waals surface area contributed by atoms with Crippen LogP contribution in [0.5, 0.6) is 17.2 Å². The van der Waals surface area contributed by atoms with Crippen molar-refractivity contribution < 1.29 is 14.2 Å². The molecule has 0 unspecified atom stereocenters. The van der Waals surface area contributed by atoms with Gasteiger partial charge < -0.3 is 14.2 Å². The molecule has 0 atom stereocenters. The topological polar surface area (TPSA) is 69.3 Å². The first-order valence-electron chi connectivity index (χ1n) is 7.85. The summed E-state index contributed by atoms with van der Waals surface area (Å²) in [6.45, 7) is 0.571. The molecule has 6 nitrogen and oxygen atoms in total. The number of ether oxygens (including phenoxy) is 3. The Bertz CT molecular complexity index is 855. The Kier molecular flexibility index (Phi) is 6.40. The fourth-order valence-corrected chi connectivity index (χ4v) is 3.13. The van der Waals surface area contributed by atoms with Gasteiger partial charge in [-0.05, 0) is 36.4 Å². The first-order valence-corrected chi connectivity index (χ1v) is 9.63. The average Bonchev–Trinajstić information content (AvgIpc) is 3.14. The number of aromatic nitrogens is 3. The average molecular weight is 436 g/mol. The maximum absolute atomic E-state index is 5.69. The number of nitrogens with one attached hydrogen (secondary N) is 1. The highest BCUT2D eigenvalue weighted by atomic mass is 79.9. The predicted octanol–water partition coefficient (Wildman–Crippen LogP) is 4.42. The van der Waals surface area contributed by atoms with Gasteiger partial charge in [0.15, 0.2) is 5.82 Å². The summed E-state index contributed by atoms with van der Waals surface area (Å²) in [6, 6.07) is 13.3. The minimum absolute atomic E-state index is 0.571. The summed E-state index contributed by atoms with van der Waals surface area (Å²) >= 11 is 4.93. The number of methoxy groups -OCH3 is 2. The van der Waals surface area contributed by atoms with Crippen molar-refractivity contribution in [3.8, 4) is 28.6 Å². The van der Waals surface area contributed by atoms with E-state index in [2.05, 4.69) is 31.1 Å². The van der Waals surface area contributed by atoms with Crippen LogP contribution in [0.3, 0.4) is 0 Å². The summed E-state index contributed by atoms with van der Waals surface area (Å²) in [5, 5.41) is 7.86. The van der Waals surface area contributed by atoms with E-state index in [9.17, 15) is 0 Å². The summed E-state index contributed by atoms with van der Waals surface area (Å²) in [4.78, 5) is 4.51. The smallest absolute Gasteiger partial charge is 0.208 e. The normalized spacial score (nSPS) is 10.6. The van der Waals surface area contributed by atoms with Gasteiger partial charge in [0, 0.05) is 16.3 Å². The van der Waals surface area contributed by atoms with Crippen molar-refractivity contribution >= 4 is 27.7 Å². The highest BCUT2D eigenvalue weighted by Crippen LogP contribution is 2.32. The molecular weight excluding hydrogens is 418 g/mol. The van der Waals surface area contributed by atoms with E-state index in [1.165, 1.54) is 11.8 Å². The summed E-state index contributed by atoms with van der Waals surface area (Å²) in [7, 11) is 3.23. The number of hydrogen-bond donors (Lipinski definition) is 1. The molecule has 0 fully saturated rings. The van der Waals surface area contributed by atoms with Crippen LogP contribution in [0.2, 0.25) is 0 Å². The van der Waals surface area contributed by atoms with Crippen LogP contribution >= 0.6 is 27.7 Å². The van der Waals surface area contributed by atoms with E-state index in [4.69, 9.17) is 14.2 Å². The first kappa shape index (κ1) is 18.6. The zero-order chi connectivity index (χ0) is 18.4. The van der Waals surface area contributed by atoms with Gasteiger partial charge in [0.25, 0.3) is 0 Å². The minimum Gasteiger partial charge on any atom is -0.497 e. The lowest BCUT2D eigenvalue weighted by atomic mass is 10.2. The molecule has 136 valence electrons. The van der Waals surface area contributed by atoms with Crippen LogP contribution in [0.4, 0.5) is 0 Å². The second kappa shape index (κ2) is 8.95. The number of hydrogen-bond acceptors (Lipinski definition) is 6. The van der Waals surface area contributed by atoms with Gasteiger partial charge in [-0.15, -0.1) is 5.10 Å². The van der Waals surface area contributed by atoms with Crippen LogP contribution in [0, 0.1) is 0 Å². The Morgan fingerprint density at radius 3 is 2.54 bits per heavy atom. The van der Waals surface area contributed by atoms with Gasteiger partial charge in [0.1, 0.15) is 17.2 Å². The van der Waals surface area contributed by atoms with Crippen LogP contribution in [0.1, 0.15) is 0 Å². The molecule has 1 heterocycles. The van der Waals surface area contributed by atoms with Crippen molar-refractivity contribution in [2.45, 2.75) is 5.16 Å². The van der Waals surface area contributed by atoms with Crippen molar-refractivity contribution in [2.75, 3.05) is 26.6 Å². The van der Waals surface area contributed by atoms with Crippen LogP contribution in [0.25, 0.3) is 11.4 Å². The monoisotopic (exact) mass is 435 g/mol. The molecule has 0 aliphatic heterocycles. The van der Waals surface area contributed by atoms with Gasteiger partial charge in [0.2, 0.25) is 5.16 Å². The van der Waals surface area contributed by atoms with E-state index in [0.717, 1.165) is 27.3 Å². The molecule has 0 aliphatic rings. The van der Waals surface area contributed by atoms with Gasteiger partial charge in [-0.3, -0.25) is 5.10 Å². The second-order valence-electron chi connectivity index (χ2n) is 5.18. The molecule has 26 heavy (non-hydrogen) atoms. The van der Waals surface area contributed by atoms with Gasteiger partial charge in [-0.1, -0.05) is 27.7 Å². The first-order chi connectivity index (χ1) is 12.7. The van der Waals surface area contributed by atoms with E-state index in [0.29, 0.717) is 23.3 Å². The molecule has 0 bridgehead atoms. The van der Waals surface area contributed by atoms with Crippen molar-refractivity contribution in [1.82, 2.24) is 15.2 Å². The maximum atomic E-state index is 5.69. The number of halogens is 1. The predicted molar refractivity (Wildman–Crippen MR) is 105 cm³/mol. The molecule has 0 amide bonds. The molecule has 2 aromatic carbocycles.